The number of nitrogens with one attached hydrogen (secondary N) is 1. The fourth-order valence-corrected chi connectivity index (χ4v) is 1.26. The van der Waals surface area contributed by atoms with Crippen LogP contribution in [0, 0.1) is 0 Å². The van der Waals surface area contributed by atoms with E-state index in [0.29, 0.717) is 0 Å². The van der Waals surface area contributed by atoms with Gasteiger partial charge in [-0.1, -0.05) is 23.8 Å². The zero-order valence-corrected chi connectivity index (χ0v) is 6.93. The molecule has 0 heterocycles. The van der Waals surface area contributed by atoms with Gasteiger partial charge >= 0.3 is 0 Å². The lowest BCUT2D eigenvalue weighted by Gasteiger charge is -2.13. The van der Waals surface area contributed by atoms with E-state index in [-0.39, 0.29) is 6.04 Å². The number of rotatable bonds is 3. The largest absolute Gasteiger partial charge is 0.317 e. The van der Waals surface area contributed by atoms with Crippen molar-refractivity contribution in [3.05, 3.63) is 23.8 Å². The second kappa shape index (κ2) is 4.35. The monoisotopic (exact) mass is 154 g/mol. The van der Waals surface area contributed by atoms with E-state index in [1.165, 1.54) is 5.57 Å². The Bertz CT molecular complexity index is 240. The van der Waals surface area contributed by atoms with Crippen LogP contribution in [0.25, 0.3) is 0 Å². The quantitative estimate of drug-likeness (QED) is 0.615. The Morgan fingerprint density at radius 2 is 2.64 bits per heavy atom. The molecule has 1 N–H and O–H groups in total. The Morgan fingerprint density at radius 1 is 1.73 bits per heavy atom. The van der Waals surface area contributed by atoms with Crippen LogP contribution in [-0.2, 0) is 0 Å². The van der Waals surface area contributed by atoms with Crippen molar-refractivity contribution in [1.82, 2.24) is 5.32 Å². The van der Waals surface area contributed by atoms with Crippen molar-refractivity contribution in [2.24, 2.45) is 0 Å². The van der Waals surface area contributed by atoms with Crippen molar-refractivity contribution in [3.8, 4) is 0 Å². The summed E-state index contributed by atoms with van der Waals surface area (Å²) in [6.07, 6.45) is 9.21. The number of hydrogen-bond acceptors (Lipinski definition) is 1. The molecule has 0 fully saturated rings. The minimum absolute atomic E-state index is 0.0141. The van der Waals surface area contributed by atoms with Crippen LogP contribution in [0.3, 0.4) is 0 Å². The van der Waals surface area contributed by atoms with E-state index < -0.39 is 6.98 Å². The van der Waals surface area contributed by atoms with E-state index in [1.54, 1.807) is 0 Å². The molecular weight excluding hydrogens is 134 g/mol. The molecule has 0 aliphatic heterocycles. The molecule has 1 nitrogen and oxygen atoms in total. The van der Waals surface area contributed by atoms with E-state index in [1.807, 2.05) is 6.92 Å². The topological polar surface area (TPSA) is 12.0 Å². The molecule has 0 aromatic rings. The molecule has 1 rings (SSSR count). The first-order chi connectivity index (χ1) is 6.47. The lowest BCUT2D eigenvalue weighted by Crippen LogP contribution is -2.21. The first-order valence-corrected chi connectivity index (χ1v) is 4.08. The third-order valence-electron chi connectivity index (χ3n) is 1.90. The second-order valence-electron chi connectivity index (χ2n) is 3.02. The van der Waals surface area contributed by atoms with E-state index in [0.717, 1.165) is 19.3 Å². The first kappa shape index (κ1) is 5.15. The van der Waals surface area contributed by atoms with Gasteiger partial charge in [0.05, 0.1) is 0 Å². The molecule has 1 unspecified atom stereocenters. The van der Waals surface area contributed by atoms with Gasteiger partial charge in [-0.2, -0.15) is 0 Å². The highest BCUT2D eigenvalue weighted by Gasteiger charge is 2.03. The molecule has 0 aromatic heterocycles. The summed E-state index contributed by atoms with van der Waals surface area (Å²) in [4.78, 5) is 0. The predicted octanol–water partition coefficient (Wildman–Crippen LogP) is 2.26. The summed E-state index contributed by atoms with van der Waals surface area (Å²) in [5.74, 6) is 0. The summed E-state index contributed by atoms with van der Waals surface area (Å²) in [6, 6.07) is 0.0141. The molecule has 11 heavy (non-hydrogen) atoms. The minimum atomic E-state index is -2.02. The highest BCUT2D eigenvalue weighted by atomic mass is 14.8. The van der Waals surface area contributed by atoms with Crippen LogP contribution in [0.5, 0.6) is 0 Å². The van der Waals surface area contributed by atoms with Gasteiger partial charge in [-0.25, -0.2) is 0 Å². The van der Waals surface area contributed by atoms with Gasteiger partial charge < -0.3 is 5.32 Å². The van der Waals surface area contributed by atoms with Gasteiger partial charge in [0, 0.05) is 10.2 Å². The average molecular weight is 154 g/mol. The third kappa shape index (κ3) is 2.89. The fraction of sp³-hybridized carbons (Fsp3) is 0.600. The van der Waals surface area contributed by atoms with Crippen LogP contribution in [0.1, 0.15) is 30.3 Å². The van der Waals surface area contributed by atoms with Gasteiger partial charge in [0.2, 0.25) is 0 Å². The maximum absolute atomic E-state index is 7.07. The third-order valence-corrected chi connectivity index (χ3v) is 1.90. The molecule has 1 aliphatic carbocycles. The van der Waals surface area contributed by atoms with Crippen molar-refractivity contribution in [2.45, 2.75) is 32.2 Å². The van der Waals surface area contributed by atoms with E-state index >= 15 is 0 Å². The molecular formula is C10H17N. The zero-order chi connectivity index (χ0) is 10.6. The van der Waals surface area contributed by atoms with Crippen molar-refractivity contribution < 1.29 is 4.11 Å². The zero-order valence-electron chi connectivity index (χ0n) is 9.93. The molecule has 0 spiro atoms. The maximum atomic E-state index is 7.07. The smallest absolute Gasteiger partial charge is 0.0391 e. The lowest BCUT2D eigenvalue weighted by molar-refractivity contribution is 0.599. The van der Waals surface area contributed by atoms with Crippen molar-refractivity contribution in [1.29, 1.82) is 0 Å². The molecule has 0 amide bonds. The minimum Gasteiger partial charge on any atom is -0.317 e. The maximum Gasteiger partial charge on any atom is 0.0391 e. The second-order valence-corrected chi connectivity index (χ2v) is 3.02. The molecule has 1 atom stereocenters. The van der Waals surface area contributed by atoms with Gasteiger partial charge in [0.15, 0.2) is 0 Å². The van der Waals surface area contributed by atoms with Crippen LogP contribution in [0.4, 0.5) is 0 Å². The summed E-state index contributed by atoms with van der Waals surface area (Å²) in [6.45, 7) is -0.115. The van der Waals surface area contributed by atoms with Gasteiger partial charge in [-0.3, -0.25) is 0 Å². The standard InChI is InChI=1S/C10H17N/c1-9(11-2)8-10-6-4-3-5-7-10/h3-4,7,9,11H,5-6,8H2,1-2H3/i2D3. The van der Waals surface area contributed by atoms with Gasteiger partial charge in [0.25, 0.3) is 0 Å². The van der Waals surface area contributed by atoms with Crippen LogP contribution < -0.4 is 5.32 Å². The summed E-state index contributed by atoms with van der Waals surface area (Å²) < 4.78 is 21.2. The molecule has 0 radical (unpaired) electrons. The highest BCUT2D eigenvalue weighted by Crippen LogP contribution is 2.15. The number of hydrogen-bond donors (Lipinski definition) is 1. The normalized spacial score (nSPS) is 24.8. The summed E-state index contributed by atoms with van der Waals surface area (Å²) in [7, 11) is 0. The number of allylic oxidation sites excluding steroid dienone is 3. The average Bonchev–Trinajstić information content (AvgIpc) is 2.02. The Labute approximate surface area is 73.4 Å². The molecule has 0 aromatic carbocycles. The van der Waals surface area contributed by atoms with Crippen molar-refractivity contribution in [3.63, 3.8) is 0 Å². The Hall–Kier alpha value is -0.560. The SMILES string of the molecule is [2H]C([2H])([2H])NC(C)CC1=CCC=CC1. The lowest BCUT2D eigenvalue weighted by atomic mass is 9.99. The summed E-state index contributed by atoms with van der Waals surface area (Å²) in [5.41, 5.74) is 1.33. The van der Waals surface area contributed by atoms with Gasteiger partial charge in [0.1, 0.15) is 0 Å². The van der Waals surface area contributed by atoms with Crippen molar-refractivity contribution in [2.75, 3.05) is 6.98 Å². The van der Waals surface area contributed by atoms with Crippen LogP contribution in [0.15, 0.2) is 23.8 Å². The van der Waals surface area contributed by atoms with Crippen LogP contribution in [0.2, 0.25) is 0 Å². The first-order valence-electron chi connectivity index (χ1n) is 5.58. The predicted molar refractivity (Wildman–Crippen MR) is 49.6 cm³/mol. The Morgan fingerprint density at radius 3 is 3.27 bits per heavy atom. The molecule has 0 bridgehead atoms. The van der Waals surface area contributed by atoms with E-state index in [2.05, 4.69) is 23.5 Å². The van der Waals surface area contributed by atoms with E-state index in [4.69, 9.17) is 4.11 Å². The highest BCUT2D eigenvalue weighted by molar-refractivity contribution is 5.15. The van der Waals surface area contributed by atoms with Crippen LogP contribution in [-0.4, -0.2) is 13.0 Å². The van der Waals surface area contributed by atoms with Gasteiger partial charge in [-0.15, -0.1) is 0 Å². The molecule has 1 heteroatoms. The summed E-state index contributed by atoms with van der Waals surface area (Å²) >= 11 is 0. The van der Waals surface area contributed by atoms with Crippen LogP contribution >= 0.6 is 0 Å². The van der Waals surface area contributed by atoms with Gasteiger partial charge in [-0.05, 0) is 33.2 Å². The molecule has 0 saturated heterocycles. The Kier molecular flexibility index (Phi) is 2.03. The summed E-state index contributed by atoms with van der Waals surface area (Å²) in [5, 5.41) is 2.60. The molecule has 62 valence electrons. The molecule has 0 saturated carbocycles. The van der Waals surface area contributed by atoms with Crippen molar-refractivity contribution >= 4 is 0 Å². The molecule has 1 aliphatic rings. The fourth-order valence-electron chi connectivity index (χ4n) is 1.26. The van der Waals surface area contributed by atoms with E-state index in [9.17, 15) is 0 Å². The Balaban J connectivity index is 2.33.